The van der Waals surface area contributed by atoms with Gasteiger partial charge in [-0.05, 0) is 30.4 Å². The zero-order valence-electron chi connectivity index (χ0n) is 12.5. The molecule has 0 amide bonds. The highest BCUT2D eigenvalue weighted by atomic mass is 127. The van der Waals surface area contributed by atoms with Gasteiger partial charge < -0.3 is 15.6 Å². The molecule has 3 rings (SSSR count). The molecule has 2 atom stereocenters. The summed E-state index contributed by atoms with van der Waals surface area (Å²) in [6, 6.07) is 9.03. The first-order valence-electron chi connectivity index (χ1n) is 7.30. The first-order chi connectivity index (χ1) is 9.78. The van der Waals surface area contributed by atoms with Gasteiger partial charge in [0.1, 0.15) is 0 Å². The fourth-order valence-electron chi connectivity index (χ4n) is 2.55. The summed E-state index contributed by atoms with van der Waals surface area (Å²) in [6.45, 7) is 3.15. The minimum Gasteiger partial charge on any atom is -0.361 e. The van der Waals surface area contributed by atoms with E-state index in [-0.39, 0.29) is 24.0 Å². The van der Waals surface area contributed by atoms with Crippen molar-refractivity contribution < 1.29 is 0 Å². The maximum Gasteiger partial charge on any atom is 0.191 e. The zero-order valence-corrected chi connectivity index (χ0v) is 14.8. The van der Waals surface area contributed by atoms with Crippen LogP contribution in [0.4, 0.5) is 0 Å². The van der Waals surface area contributed by atoms with Gasteiger partial charge in [0.05, 0.1) is 0 Å². The van der Waals surface area contributed by atoms with Crippen LogP contribution in [-0.2, 0) is 6.42 Å². The number of aliphatic imine (C=N–C) groups is 1. The van der Waals surface area contributed by atoms with Crippen molar-refractivity contribution in [2.75, 3.05) is 13.6 Å². The Balaban J connectivity index is 0.00000161. The Morgan fingerprint density at radius 3 is 2.86 bits per heavy atom. The number of nitrogens with one attached hydrogen (secondary N) is 3. The van der Waals surface area contributed by atoms with Gasteiger partial charge in [-0.25, -0.2) is 0 Å². The molecule has 0 spiro atoms. The predicted molar refractivity (Wildman–Crippen MR) is 99.5 cm³/mol. The first-order valence-corrected chi connectivity index (χ1v) is 7.30. The van der Waals surface area contributed by atoms with Gasteiger partial charge in [-0.2, -0.15) is 0 Å². The molecule has 114 valence electrons. The van der Waals surface area contributed by atoms with E-state index < -0.39 is 0 Å². The van der Waals surface area contributed by atoms with Crippen molar-refractivity contribution in [1.82, 2.24) is 15.6 Å². The third kappa shape index (κ3) is 3.90. The lowest BCUT2D eigenvalue weighted by Gasteiger charge is -2.11. The van der Waals surface area contributed by atoms with Crippen LogP contribution in [0, 0.1) is 5.92 Å². The summed E-state index contributed by atoms with van der Waals surface area (Å²) in [4.78, 5) is 7.59. The molecule has 1 saturated carbocycles. The van der Waals surface area contributed by atoms with Gasteiger partial charge in [0, 0.05) is 36.7 Å². The monoisotopic (exact) mass is 398 g/mol. The van der Waals surface area contributed by atoms with Crippen molar-refractivity contribution in [3.8, 4) is 0 Å². The number of nitrogens with zero attached hydrogens (tertiary/aromatic N) is 1. The number of benzene rings is 1. The molecule has 1 aliphatic carbocycles. The van der Waals surface area contributed by atoms with E-state index in [4.69, 9.17) is 0 Å². The quantitative estimate of drug-likeness (QED) is 0.422. The molecule has 2 unspecified atom stereocenters. The summed E-state index contributed by atoms with van der Waals surface area (Å²) in [5.74, 6) is 1.70. The Hall–Kier alpha value is -1.24. The van der Waals surface area contributed by atoms with Crippen molar-refractivity contribution >= 4 is 40.8 Å². The van der Waals surface area contributed by atoms with E-state index in [2.05, 4.69) is 58.0 Å². The molecule has 0 saturated heterocycles. The van der Waals surface area contributed by atoms with Gasteiger partial charge in [-0.1, -0.05) is 25.1 Å². The third-order valence-corrected chi connectivity index (χ3v) is 4.02. The summed E-state index contributed by atoms with van der Waals surface area (Å²) in [5, 5.41) is 8.14. The number of para-hydroxylation sites is 1. The Bertz CT molecular complexity index is 620. The van der Waals surface area contributed by atoms with E-state index in [1.807, 2.05) is 7.05 Å². The highest BCUT2D eigenvalue weighted by molar-refractivity contribution is 14.0. The number of hydrogen-bond acceptors (Lipinski definition) is 1. The van der Waals surface area contributed by atoms with Crippen molar-refractivity contribution in [3.63, 3.8) is 0 Å². The van der Waals surface area contributed by atoms with Gasteiger partial charge in [0.15, 0.2) is 5.96 Å². The summed E-state index contributed by atoms with van der Waals surface area (Å²) in [6.07, 6.45) is 4.35. The molecule has 3 N–H and O–H groups in total. The second kappa shape index (κ2) is 7.15. The van der Waals surface area contributed by atoms with Crippen LogP contribution >= 0.6 is 24.0 Å². The van der Waals surface area contributed by atoms with Crippen LogP contribution in [0.25, 0.3) is 10.9 Å². The minimum atomic E-state index is 0. The lowest BCUT2D eigenvalue weighted by Crippen LogP contribution is -2.39. The Morgan fingerprint density at radius 2 is 2.14 bits per heavy atom. The minimum absolute atomic E-state index is 0. The van der Waals surface area contributed by atoms with Crippen LogP contribution < -0.4 is 10.6 Å². The van der Waals surface area contributed by atoms with Crippen LogP contribution in [0.3, 0.4) is 0 Å². The van der Waals surface area contributed by atoms with E-state index in [0.717, 1.165) is 24.8 Å². The Kier molecular flexibility index (Phi) is 5.50. The van der Waals surface area contributed by atoms with E-state index >= 15 is 0 Å². The molecule has 1 aromatic carbocycles. The third-order valence-electron chi connectivity index (χ3n) is 4.02. The topological polar surface area (TPSA) is 52.2 Å². The smallest absolute Gasteiger partial charge is 0.191 e. The number of hydrogen-bond donors (Lipinski definition) is 3. The summed E-state index contributed by atoms with van der Waals surface area (Å²) < 4.78 is 0. The molecule has 0 bridgehead atoms. The number of rotatable bonds is 4. The second-order valence-electron chi connectivity index (χ2n) is 5.57. The lowest BCUT2D eigenvalue weighted by molar-refractivity contribution is 0.759. The standard InChI is InChI=1S/C16H22N4.HI/c1-11-9-15(11)20-16(17-2)18-8-7-12-10-19-14-6-4-3-5-13(12)14;/h3-6,10-11,15,19H,7-9H2,1-2H3,(H2,17,18,20);1H. The van der Waals surface area contributed by atoms with E-state index in [1.165, 1.54) is 22.9 Å². The van der Waals surface area contributed by atoms with Crippen LogP contribution in [0.1, 0.15) is 18.9 Å². The Morgan fingerprint density at radius 1 is 1.38 bits per heavy atom. The first kappa shape index (κ1) is 16.1. The van der Waals surface area contributed by atoms with Crippen LogP contribution in [-0.4, -0.2) is 30.6 Å². The van der Waals surface area contributed by atoms with Crippen molar-refractivity contribution in [1.29, 1.82) is 0 Å². The molecule has 1 aliphatic rings. The van der Waals surface area contributed by atoms with Gasteiger partial charge >= 0.3 is 0 Å². The number of fused-ring (bicyclic) bond motifs is 1. The summed E-state index contributed by atoms with van der Waals surface area (Å²) >= 11 is 0. The molecular formula is C16H23IN4. The number of aromatic nitrogens is 1. The van der Waals surface area contributed by atoms with E-state index in [1.54, 1.807) is 0 Å². The largest absolute Gasteiger partial charge is 0.361 e. The highest BCUT2D eigenvalue weighted by Crippen LogP contribution is 2.28. The van der Waals surface area contributed by atoms with Crippen LogP contribution in [0.15, 0.2) is 35.5 Å². The SMILES string of the molecule is CN=C(NCCc1c[nH]c2ccccc12)NC1CC1C.I. The maximum atomic E-state index is 4.27. The summed E-state index contributed by atoms with van der Waals surface area (Å²) in [5.41, 5.74) is 2.56. The van der Waals surface area contributed by atoms with Crippen molar-refractivity contribution in [2.45, 2.75) is 25.8 Å². The molecule has 0 radical (unpaired) electrons. The molecule has 4 nitrogen and oxygen atoms in total. The fraction of sp³-hybridized carbons (Fsp3) is 0.438. The highest BCUT2D eigenvalue weighted by Gasteiger charge is 2.33. The fourth-order valence-corrected chi connectivity index (χ4v) is 2.55. The van der Waals surface area contributed by atoms with Crippen molar-refractivity contribution in [2.24, 2.45) is 10.9 Å². The van der Waals surface area contributed by atoms with E-state index in [0.29, 0.717) is 6.04 Å². The van der Waals surface area contributed by atoms with Gasteiger partial charge in [0.2, 0.25) is 0 Å². The van der Waals surface area contributed by atoms with Crippen LogP contribution in [0.5, 0.6) is 0 Å². The molecule has 1 aromatic heterocycles. The lowest BCUT2D eigenvalue weighted by atomic mass is 10.1. The molecule has 21 heavy (non-hydrogen) atoms. The van der Waals surface area contributed by atoms with Crippen molar-refractivity contribution in [3.05, 3.63) is 36.0 Å². The molecular weight excluding hydrogens is 375 g/mol. The van der Waals surface area contributed by atoms with Gasteiger partial charge in [0.25, 0.3) is 0 Å². The zero-order chi connectivity index (χ0) is 13.9. The average Bonchev–Trinajstić information content (AvgIpc) is 3.00. The van der Waals surface area contributed by atoms with Gasteiger partial charge in [-0.3, -0.25) is 4.99 Å². The predicted octanol–water partition coefficient (Wildman–Crippen LogP) is 2.90. The molecule has 2 aromatic rings. The van der Waals surface area contributed by atoms with Crippen LogP contribution in [0.2, 0.25) is 0 Å². The molecule has 1 heterocycles. The number of guanidine groups is 1. The number of halogens is 1. The normalized spacial score (nSPS) is 21.0. The number of aromatic amines is 1. The van der Waals surface area contributed by atoms with E-state index in [9.17, 15) is 0 Å². The summed E-state index contributed by atoms with van der Waals surface area (Å²) in [7, 11) is 1.83. The maximum absolute atomic E-state index is 4.27. The molecule has 1 fully saturated rings. The second-order valence-corrected chi connectivity index (χ2v) is 5.57. The molecule has 0 aliphatic heterocycles. The number of H-pyrrole nitrogens is 1. The average molecular weight is 398 g/mol. The molecule has 5 heteroatoms. The Labute approximate surface area is 142 Å². The van der Waals surface area contributed by atoms with Gasteiger partial charge in [-0.15, -0.1) is 24.0 Å².